The standard InChI is InChI=1S/C14H25N3S/c1-17(2)14(7-4-8-14)10-15-13-16-12-6-3-5-11(12)9-18-13/h11-12H,3-10H2,1-2H3,(H,15,16). The summed E-state index contributed by atoms with van der Waals surface area (Å²) in [6.07, 6.45) is 8.16. The van der Waals surface area contributed by atoms with Gasteiger partial charge in [0.25, 0.3) is 0 Å². The third kappa shape index (κ3) is 2.29. The Morgan fingerprint density at radius 1 is 1.33 bits per heavy atom. The SMILES string of the molecule is CN(C)C1(CN=C2NC3CCCC3CS2)CCC1. The minimum atomic E-state index is 0.363. The van der Waals surface area contributed by atoms with Crippen molar-refractivity contribution in [1.29, 1.82) is 0 Å². The van der Waals surface area contributed by atoms with Gasteiger partial charge in [-0.2, -0.15) is 0 Å². The first-order valence-corrected chi connectivity index (χ1v) is 8.29. The van der Waals surface area contributed by atoms with E-state index >= 15 is 0 Å². The van der Waals surface area contributed by atoms with Gasteiger partial charge in [-0.3, -0.25) is 4.99 Å². The molecule has 2 saturated carbocycles. The highest BCUT2D eigenvalue weighted by atomic mass is 32.2. The first-order valence-electron chi connectivity index (χ1n) is 7.31. The summed E-state index contributed by atoms with van der Waals surface area (Å²) in [5, 5.41) is 4.88. The highest BCUT2D eigenvalue weighted by Gasteiger charge is 2.39. The van der Waals surface area contributed by atoms with Crippen LogP contribution >= 0.6 is 11.8 Å². The minimum Gasteiger partial charge on any atom is -0.362 e. The van der Waals surface area contributed by atoms with E-state index in [-0.39, 0.29) is 0 Å². The number of fused-ring (bicyclic) bond motifs is 1. The minimum absolute atomic E-state index is 0.363. The van der Waals surface area contributed by atoms with Gasteiger partial charge in [0.1, 0.15) is 0 Å². The summed E-state index contributed by atoms with van der Waals surface area (Å²) >= 11 is 1.95. The molecule has 1 saturated heterocycles. The van der Waals surface area contributed by atoms with Crippen LogP contribution in [0.1, 0.15) is 38.5 Å². The second kappa shape index (κ2) is 5.04. The van der Waals surface area contributed by atoms with Crippen molar-refractivity contribution in [2.45, 2.75) is 50.1 Å². The van der Waals surface area contributed by atoms with Crippen molar-refractivity contribution < 1.29 is 0 Å². The van der Waals surface area contributed by atoms with Gasteiger partial charge in [0, 0.05) is 17.3 Å². The van der Waals surface area contributed by atoms with Gasteiger partial charge in [-0.15, -0.1) is 0 Å². The summed E-state index contributed by atoms with van der Waals surface area (Å²) in [5.41, 5.74) is 0.363. The summed E-state index contributed by atoms with van der Waals surface area (Å²) < 4.78 is 0. The molecular weight excluding hydrogens is 242 g/mol. The lowest BCUT2D eigenvalue weighted by molar-refractivity contribution is 0.0700. The molecule has 3 nitrogen and oxygen atoms in total. The molecule has 1 aliphatic heterocycles. The molecule has 0 aromatic rings. The Kier molecular flexibility index (Phi) is 3.59. The van der Waals surface area contributed by atoms with E-state index in [0.717, 1.165) is 18.5 Å². The molecule has 0 amide bonds. The van der Waals surface area contributed by atoms with E-state index < -0.39 is 0 Å². The Bertz CT molecular complexity index is 336. The number of likely N-dealkylation sites (N-methyl/N-ethyl adjacent to an activating group) is 1. The van der Waals surface area contributed by atoms with Crippen molar-refractivity contribution in [2.75, 3.05) is 26.4 Å². The second-order valence-corrected chi connectivity index (χ2v) is 7.36. The lowest BCUT2D eigenvalue weighted by Crippen LogP contribution is -2.53. The van der Waals surface area contributed by atoms with Crippen LogP contribution in [0.5, 0.6) is 0 Å². The maximum Gasteiger partial charge on any atom is 0.156 e. The van der Waals surface area contributed by atoms with Crippen LogP contribution in [0.25, 0.3) is 0 Å². The van der Waals surface area contributed by atoms with Gasteiger partial charge >= 0.3 is 0 Å². The molecule has 0 radical (unpaired) electrons. The van der Waals surface area contributed by atoms with Crippen LogP contribution in [-0.2, 0) is 0 Å². The largest absolute Gasteiger partial charge is 0.362 e. The molecular formula is C14H25N3S. The molecule has 2 unspecified atom stereocenters. The van der Waals surface area contributed by atoms with E-state index in [4.69, 9.17) is 4.99 Å². The highest BCUT2D eigenvalue weighted by Crippen LogP contribution is 2.37. The molecule has 3 fully saturated rings. The fraction of sp³-hybridized carbons (Fsp3) is 0.929. The number of rotatable bonds is 3. The van der Waals surface area contributed by atoms with E-state index in [2.05, 4.69) is 24.3 Å². The fourth-order valence-electron chi connectivity index (χ4n) is 3.45. The van der Waals surface area contributed by atoms with Gasteiger partial charge in [-0.1, -0.05) is 18.2 Å². The van der Waals surface area contributed by atoms with Gasteiger partial charge in [0.15, 0.2) is 5.17 Å². The van der Waals surface area contributed by atoms with Crippen molar-refractivity contribution in [3.63, 3.8) is 0 Å². The molecule has 2 atom stereocenters. The maximum absolute atomic E-state index is 4.89. The molecule has 0 aromatic carbocycles. The smallest absolute Gasteiger partial charge is 0.156 e. The lowest BCUT2D eigenvalue weighted by Gasteiger charge is -2.46. The predicted octanol–water partition coefficient (Wildman–Crippen LogP) is 2.33. The normalized spacial score (nSPS) is 36.3. The second-order valence-electron chi connectivity index (χ2n) is 6.35. The topological polar surface area (TPSA) is 27.6 Å². The zero-order chi connectivity index (χ0) is 12.6. The Balaban J connectivity index is 1.59. The van der Waals surface area contributed by atoms with Crippen molar-refractivity contribution in [1.82, 2.24) is 10.2 Å². The summed E-state index contributed by atoms with van der Waals surface area (Å²) in [7, 11) is 4.40. The van der Waals surface area contributed by atoms with Crippen molar-refractivity contribution in [2.24, 2.45) is 10.9 Å². The first kappa shape index (κ1) is 12.8. The van der Waals surface area contributed by atoms with Crippen molar-refractivity contribution >= 4 is 16.9 Å². The third-order valence-corrected chi connectivity index (χ3v) is 6.27. The van der Waals surface area contributed by atoms with Gasteiger partial charge in [0.05, 0.1) is 6.54 Å². The zero-order valence-electron chi connectivity index (χ0n) is 11.6. The first-order chi connectivity index (χ1) is 8.70. The molecule has 3 aliphatic rings. The van der Waals surface area contributed by atoms with Crippen molar-refractivity contribution in [3.8, 4) is 0 Å². The van der Waals surface area contributed by atoms with Crippen LogP contribution in [-0.4, -0.2) is 48.0 Å². The van der Waals surface area contributed by atoms with Gasteiger partial charge in [-0.25, -0.2) is 0 Å². The van der Waals surface area contributed by atoms with Crippen LogP contribution in [0.2, 0.25) is 0 Å². The maximum atomic E-state index is 4.89. The zero-order valence-corrected chi connectivity index (χ0v) is 12.4. The van der Waals surface area contributed by atoms with Crippen LogP contribution in [0.4, 0.5) is 0 Å². The Hall–Kier alpha value is -0.220. The molecule has 4 heteroatoms. The van der Waals surface area contributed by atoms with Crippen LogP contribution < -0.4 is 5.32 Å². The Morgan fingerprint density at radius 2 is 2.17 bits per heavy atom. The number of aliphatic imine (C=N–C) groups is 1. The number of nitrogens with one attached hydrogen (secondary N) is 1. The van der Waals surface area contributed by atoms with E-state index in [1.807, 2.05) is 11.8 Å². The molecule has 18 heavy (non-hydrogen) atoms. The average molecular weight is 267 g/mol. The van der Waals surface area contributed by atoms with Gasteiger partial charge in [-0.05, 0) is 52.1 Å². The highest BCUT2D eigenvalue weighted by molar-refractivity contribution is 8.13. The summed E-state index contributed by atoms with van der Waals surface area (Å²) in [4.78, 5) is 7.27. The predicted molar refractivity (Wildman–Crippen MR) is 79.3 cm³/mol. The van der Waals surface area contributed by atoms with E-state index in [9.17, 15) is 0 Å². The number of hydrogen-bond donors (Lipinski definition) is 1. The summed E-state index contributed by atoms with van der Waals surface area (Å²) in [6, 6.07) is 0.724. The number of amidine groups is 1. The number of hydrogen-bond acceptors (Lipinski definition) is 3. The lowest BCUT2D eigenvalue weighted by atomic mass is 9.76. The molecule has 2 aliphatic carbocycles. The van der Waals surface area contributed by atoms with Gasteiger partial charge < -0.3 is 10.2 Å². The molecule has 1 N–H and O–H groups in total. The number of thioether (sulfide) groups is 1. The quantitative estimate of drug-likeness (QED) is 0.850. The molecule has 0 spiro atoms. The molecule has 0 bridgehead atoms. The summed E-state index contributed by atoms with van der Waals surface area (Å²) in [6.45, 7) is 0.979. The third-order valence-electron chi connectivity index (χ3n) is 5.15. The Morgan fingerprint density at radius 3 is 2.83 bits per heavy atom. The molecule has 1 heterocycles. The molecule has 0 aromatic heterocycles. The van der Waals surface area contributed by atoms with Crippen LogP contribution in [0.3, 0.4) is 0 Å². The summed E-state index contributed by atoms with van der Waals surface area (Å²) in [5.74, 6) is 2.19. The fourth-order valence-corrected chi connectivity index (χ4v) is 4.62. The molecule has 102 valence electrons. The average Bonchev–Trinajstić information content (AvgIpc) is 2.74. The van der Waals surface area contributed by atoms with E-state index in [0.29, 0.717) is 5.54 Å². The molecule has 3 rings (SSSR count). The number of nitrogens with zero attached hydrogens (tertiary/aromatic N) is 2. The van der Waals surface area contributed by atoms with E-state index in [1.54, 1.807) is 0 Å². The van der Waals surface area contributed by atoms with Gasteiger partial charge in [0.2, 0.25) is 0 Å². The van der Waals surface area contributed by atoms with Crippen molar-refractivity contribution in [3.05, 3.63) is 0 Å². The Labute approximate surface area is 115 Å². The van der Waals surface area contributed by atoms with Crippen LogP contribution in [0, 0.1) is 5.92 Å². The van der Waals surface area contributed by atoms with Crippen LogP contribution in [0.15, 0.2) is 4.99 Å². The monoisotopic (exact) mass is 267 g/mol. The van der Waals surface area contributed by atoms with E-state index in [1.165, 1.54) is 49.4 Å².